The molecule has 0 saturated carbocycles. The molecule has 0 saturated heterocycles. The van der Waals surface area contributed by atoms with E-state index in [1.54, 1.807) is 24.3 Å². The van der Waals surface area contributed by atoms with Crippen molar-refractivity contribution in [2.24, 2.45) is 0 Å². The molecule has 3 aromatic rings. The molecule has 0 aliphatic rings. The average molecular weight is 468 g/mol. The normalized spacial score (nSPS) is 11.4. The predicted octanol–water partition coefficient (Wildman–Crippen LogP) is 5.40. The highest BCUT2D eigenvalue weighted by molar-refractivity contribution is 7.81. The molecule has 0 amide bonds. The zero-order chi connectivity index (χ0) is 24.1. The van der Waals surface area contributed by atoms with Gasteiger partial charge in [0.2, 0.25) is 0 Å². The standard InChI is InChI=1S/C23H20N2O7S/c1-4-16-13-18(9-11-21(16)25(27)28)32-19-10-12-22(20(14-19)23(26)31-3)24(33(29)30)17-7-5-15(2)6-8-17/h4-14H,1H2,2-3H3,(H,29,30). The van der Waals surface area contributed by atoms with Crippen LogP contribution in [0.25, 0.3) is 6.08 Å². The van der Waals surface area contributed by atoms with Gasteiger partial charge in [0.05, 0.1) is 34.5 Å². The maximum atomic E-state index is 12.5. The quantitative estimate of drug-likeness (QED) is 0.203. The number of methoxy groups -OCH3 is 1. The summed E-state index contributed by atoms with van der Waals surface area (Å²) in [4.78, 5) is 23.1. The minimum absolute atomic E-state index is 0.0103. The number of nitro groups is 1. The summed E-state index contributed by atoms with van der Waals surface area (Å²) < 4.78 is 33.8. The van der Waals surface area contributed by atoms with Crippen LogP contribution in [0.4, 0.5) is 17.1 Å². The molecule has 0 heterocycles. The Labute approximate surface area is 192 Å². The van der Waals surface area contributed by atoms with Gasteiger partial charge in [-0.2, -0.15) is 0 Å². The van der Waals surface area contributed by atoms with Crippen LogP contribution in [-0.4, -0.2) is 26.8 Å². The molecule has 0 aliphatic carbocycles. The van der Waals surface area contributed by atoms with Crippen molar-refractivity contribution in [1.29, 1.82) is 0 Å². The molecule has 10 heteroatoms. The SMILES string of the molecule is C=Cc1cc(Oc2ccc(N(c3ccc(C)cc3)S(=O)O)c(C(=O)OC)c2)ccc1[N+](=O)[O-]. The van der Waals surface area contributed by atoms with Gasteiger partial charge < -0.3 is 9.47 Å². The summed E-state index contributed by atoms with van der Waals surface area (Å²) in [5, 5.41) is 11.1. The molecule has 33 heavy (non-hydrogen) atoms. The number of benzene rings is 3. The number of carbonyl (C=O) groups excluding carboxylic acids is 1. The monoisotopic (exact) mass is 468 g/mol. The van der Waals surface area contributed by atoms with Crippen LogP contribution in [0, 0.1) is 17.0 Å². The second-order valence-electron chi connectivity index (χ2n) is 6.82. The number of nitrogens with zero attached hydrogens (tertiary/aromatic N) is 2. The highest BCUT2D eigenvalue weighted by Gasteiger charge is 2.24. The Morgan fingerprint density at radius 2 is 1.76 bits per heavy atom. The van der Waals surface area contributed by atoms with Crippen molar-refractivity contribution in [3.05, 3.63) is 94.0 Å². The lowest BCUT2D eigenvalue weighted by Gasteiger charge is -2.23. The van der Waals surface area contributed by atoms with Crippen molar-refractivity contribution < 1.29 is 28.0 Å². The molecule has 9 nitrogen and oxygen atoms in total. The van der Waals surface area contributed by atoms with Crippen molar-refractivity contribution in [2.45, 2.75) is 6.92 Å². The van der Waals surface area contributed by atoms with Crippen LogP contribution in [0.3, 0.4) is 0 Å². The van der Waals surface area contributed by atoms with Crippen LogP contribution in [-0.2, 0) is 16.0 Å². The van der Waals surface area contributed by atoms with Gasteiger partial charge in [0, 0.05) is 6.07 Å². The number of hydrogen-bond acceptors (Lipinski definition) is 6. The third kappa shape index (κ3) is 5.25. The van der Waals surface area contributed by atoms with Crippen LogP contribution in [0.15, 0.2) is 67.2 Å². The molecule has 0 bridgehead atoms. The molecule has 3 rings (SSSR count). The fourth-order valence-corrected chi connectivity index (χ4v) is 3.71. The van der Waals surface area contributed by atoms with Gasteiger partial charge in [0.25, 0.3) is 17.0 Å². The molecule has 1 atom stereocenters. The summed E-state index contributed by atoms with van der Waals surface area (Å²) in [5.41, 5.74) is 1.62. The Kier molecular flexibility index (Phi) is 7.21. The van der Waals surface area contributed by atoms with Crippen molar-refractivity contribution in [1.82, 2.24) is 0 Å². The van der Waals surface area contributed by atoms with E-state index >= 15 is 0 Å². The van der Waals surface area contributed by atoms with Gasteiger partial charge in [-0.25, -0.2) is 13.3 Å². The lowest BCUT2D eigenvalue weighted by Crippen LogP contribution is -2.22. The lowest BCUT2D eigenvalue weighted by atomic mass is 10.1. The van der Waals surface area contributed by atoms with Crippen molar-refractivity contribution >= 4 is 40.4 Å². The maximum absolute atomic E-state index is 12.5. The first-order chi connectivity index (χ1) is 15.7. The summed E-state index contributed by atoms with van der Waals surface area (Å²) in [6, 6.07) is 15.3. The Hall–Kier alpha value is -4.02. The molecule has 0 aromatic heterocycles. The molecule has 0 spiro atoms. The number of carbonyl (C=O) groups is 1. The number of esters is 1. The van der Waals surface area contributed by atoms with Crippen molar-refractivity contribution in [2.75, 3.05) is 11.4 Å². The van der Waals surface area contributed by atoms with Crippen LogP contribution in [0.2, 0.25) is 0 Å². The molecule has 0 radical (unpaired) electrons. The van der Waals surface area contributed by atoms with Crippen molar-refractivity contribution in [3.63, 3.8) is 0 Å². The molecular formula is C23H20N2O7S. The van der Waals surface area contributed by atoms with E-state index in [-0.39, 0.29) is 34.0 Å². The van der Waals surface area contributed by atoms with Crippen molar-refractivity contribution in [3.8, 4) is 11.5 Å². The second kappa shape index (κ2) is 10.1. The summed E-state index contributed by atoms with van der Waals surface area (Å²) in [7, 11) is 1.19. The minimum Gasteiger partial charge on any atom is -0.465 e. The van der Waals surface area contributed by atoms with Gasteiger partial charge in [0.1, 0.15) is 11.5 Å². The van der Waals surface area contributed by atoms with Crippen LogP contribution in [0.5, 0.6) is 11.5 Å². The molecule has 0 fully saturated rings. The Morgan fingerprint density at radius 1 is 1.12 bits per heavy atom. The molecule has 1 unspecified atom stereocenters. The van der Waals surface area contributed by atoms with Gasteiger partial charge in [-0.15, -0.1) is 0 Å². The van der Waals surface area contributed by atoms with E-state index in [2.05, 4.69) is 6.58 Å². The molecule has 170 valence electrons. The fraction of sp³-hybridized carbons (Fsp3) is 0.0870. The summed E-state index contributed by atoms with van der Waals surface area (Å²) in [5.74, 6) is -0.246. The van der Waals surface area contributed by atoms with E-state index in [1.165, 1.54) is 49.6 Å². The van der Waals surface area contributed by atoms with Gasteiger partial charge >= 0.3 is 5.97 Å². The summed E-state index contributed by atoms with van der Waals surface area (Å²) in [6.07, 6.45) is 1.34. The van der Waals surface area contributed by atoms with E-state index in [0.717, 1.165) is 9.87 Å². The van der Waals surface area contributed by atoms with Gasteiger partial charge in [-0.05, 0) is 49.4 Å². The Bertz CT molecular complexity index is 1240. The topological polar surface area (TPSA) is 119 Å². The highest BCUT2D eigenvalue weighted by Crippen LogP contribution is 2.35. The Balaban J connectivity index is 2.04. The van der Waals surface area contributed by atoms with E-state index in [9.17, 15) is 23.7 Å². The fourth-order valence-electron chi connectivity index (χ4n) is 3.08. The summed E-state index contributed by atoms with van der Waals surface area (Å²) >= 11 is -2.49. The van der Waals surface area contributed by atoms with Gasteiger partial charge in [0.15, 0.2) is 0 Å². The molecule has 1 N–H and O–H groups in total. The number of rotatable bonds is 8. The predicted molar refractivity (Wildman–Crippen MR) is 125 cm³/mol. The summed E-state index contributed by atoms with van der Waals surface area (Å²) in [6.45, 7) is 5.45. The first-order valence-corrected chi connectivity index (χ1v) is 10.6. The number of anilines is 2. The first-order valence-electron chi connectivity index (χ1n) is 9.54. The number of hydrogen-bond donors (Lipinski definition) is 1. The number of aryl methyl sites for hydroxylation is 1. The molecule has 0 aliphatic heterocycles. The third-order valence-corrected chi connectivity index (χ3v) is 5.39. The smallest absolute Gasteiger partial charge is 0.340 e. The van der Waals surface area contributed by atoms with Crippen LogP contribution >= 0.6 is 0 Å². The van der Waals surface area contributed by atoms with E-state index in [0.29, 0.717) is 5.69 Å². The maximum Gasteiger partial charge on any atom is 0.340 e. The van der Waals surface area contributed by atoms with Crippen LogP contribution < -0.4 is 9.04 Å². The van der Waals surface area contributed by atoms with E-state index in [1.807, 2.05) is 6.92 Å². The largest absolute Gasteiger partial charge is 0.465 e. The minimum atomic E-state index is -2.49. The van der Waals surface area contributed by atoms with E-state index < -0.39 is 22.2 Å². The molecule has 3 aromatic carbocycles. The van der Waals surface area contributed by atoms with Crippen LogP contribution in [0.1, 0.15) is 21.5 Å². The van der Waals surface area contributed by atoms with Gasteiger partial charge in [-0.3, -0.25) is 14.7 Å². The zero-order valence-corrected chi connectivity index (χ0v) is 18.6. The lowest BCUT2D eigenvalue weighted by molar-refractivity contribution is -0.385. The van der Waals surface area contributed by atoms with Gasteiger partial charge in [-0.1, -0.05) is 30.4 Å². The van der Waals surface area contributed by atoms with E-state index in [4.69, 9.17) is 9.47 Å². The second-order valence-corrected chi connectivity index (χ2v) is 7.64. The highest BCUT2D eigenvalue weighted by atomic mass is 32.2. The number of ether oxygens (including phenoxy) is 2. The first kappa shape index (κ1) is 23.6. The zero-order valence-electron chi connectivity index (χ0n) is 17.8. The molecular weight excluding hydrogens is 448 g/mol. The number of nitro benzene ring substituents is 1. The third-order valence-electron chi connectivity index (χ3n) is 4.67. The Morgan fingerprint density at radius 3 is 2.33 bits per heavy atom. The average Bonchev–Trinajstić information content (AvgIpc) is 2.80.